The number of hydrogen-bond acceptors (Lipinski definition) is 6. The number of aliphatic hydroxyl groups excluding tert-OH is 1. The molecular weight excluding hydrogens is 346 g/mol. The molecule has 25 heavy (non-hydrogen) atoms. The smallest absolute Gasteiger partial charge is 0.253 e. The van der Waals surface area contributed by atoms with E-state index in [2.05, 4.69) is 10.0 Å². The third kappa shape index (κ3) is 5.75. The van der Waals surface area contributed by atoms with Gasteiger partial charge in [-0.1, -0.05) is 6.07 Å². The lowest BCUT2D eigenvalue weighted by atomic mass is 10.2. The molecule has 0 unspecified atom stereocenters. The third-order valence-corrected chi connectivity index (χ3v) is 5.24. The summed E-state index contributed by atoms with van der Waals surface area (Å²) in [7, 11) is -3.82. The van der Waals surface area contributed by atoms with E-state index in [1.807, 2.05) is 0 Å². The molecule has 9 heteroatoms. The predicted octanol–water partition coefficient (Wildman–Crippen LogP) is -0.592. The number of nitrogens with one attached hydrogen (secondary N) is 2. The minimum absolute atomic E-state index is 0.00269. The molecule has 8 nitrogen and oxygen atoms in total. The van der Waals surface area contributed by atoms with Gasteiger partial charge in [0.2, 0.25) is 10.0 Å². The average molecular weight is 371 g/mol. The summed E-state index contributed by atoms with van der Waals surface area (Å²) >= 11 is 0. The van der Waals surface area contributed by atoms with E-state index in [4.69, 9.17) is 4.74 Å². The van der Waals surface area contributed by atoms with Crippen molar-refractivity contribution in [2.24, 2.45) is 0 Å². The fourth-order valence-corrected chi connectivity index (χ4v) is 3.57. The number of nitrogens with zero attached hydrogens (tertiary/aromatic N) is 1. The summed E-state index contributed by atoms with van der Waals surface area (Å²) < 4.78 is 32.1. The van der Waals surface area contributed by atoms with Crippen LogP contribution >= 0.6 is 0 Å². The summed E-state index contributed by atoms with van der Waals surface area (Å²) in [4.78, 5) is 14.2. The SMILES string of the molecule is CCOC[C@@H](O)CNS(=O)(=O)c1cccc(C(=O)N2CCNCC2)c1. The van der Waals surface area contributed by atoms with Crippen LogP contribution in [0.5, 0.6) is 0 Å². The molecule has 0 spiro atoms. The minimum atomic E-state index is -3.82. The third-order valence-electron chi connectivity index (χ3n) is 3.82. The Morgan fingerprint density at radius 2 is 2.12 bits per heavy atom. The highest BCUT2D eigenvalue weighted by atomic mass is 32.2. The highest BCUT2D eigenvalue weighted by molar-refractivity contribution is 7.89. The minimum Gasteiger partial charge on any atom is -0.389 e. The van der Waals surface area contributed by atoms with E-state index in [9.17, 15) is 18.3 Å². The van der Waals surface area contributed by atoms with Gasteiger partial charge in [0.1, 0.15) is 0 Å². The molecule has 1 heterocycles. The molecule has 1 atom stereocenters. The fourth-order valence-electron chi connectivity index (χ4n) is 2.45. The second kappa shape index (κ2) is 9.25. The number of carbonyl (C=O) groups excluding carboxylic acids is 1. The fraction of sp³-hybridized carbons (Fsp3) is 0.562. The van der Waals surface area contributed by atoms with Gasteiger partial charge in [-0.05, 0) is 25.1 Å². The number of carbonyl (C=O) groups is 1. The molecule has 1 aliphatic rings. The first-order chi connectivity index (χ1) is 11.9. The van der Waals surface area contributed by atoms with Crippen LogP contribution in [0.1, 0.15) is 17.3 Å². The molecule has 1 aromatic carbocycles. The van der Waals surface area contributed by atoms with Gasteiger partial charge in [-0.2, -0.15) is 0 Å². The lowest BCUT2D eigenvalue weighted by molar-refractivity contribution is 0.0456. The standard InChI is InChI=1S/C16H25N3O5S/c1-2-24-12-14(20)11-18-25(22,23)15-5-3-4-13(10-15)16(21)19-8-6-17-7-9-19/h3-5,10,14,17-18,20H,2,6-9,11-12H2,1H3/t14-/m0/s1. The Bertz CT molecular complexity index is 674. The van der Waals surface area contributed by atoms with Crippen molar-refractivity contribution < 1.29 is 23.1 Å². The van der Waals surface area contributed by atoms with Gasteiger partial charge in [-0.25, -0.2) is 13.1 Å². The van der Waals surface area contributed by atoms with Crippen molar-refractivity contribution in [1.82, 2.24) is 14.9 Å². The maximum atomic E-state index is 12.5. The van der Waals surface area contributed by atoms with Crippen molar-refractivity contribution in [1.29, 1.82) is 0 Å². The van der Waals surface area contributed by atoms with Gasteiger partial charge in [0.05, 0.1) is 17.6 Å². The molecule has 0 aliphatic carbocycles. The Balaban J connectivity index is 2.04. The lowest BCUT2D eigenvalue weighted by Crippen LogP contribution is -2.46. The largest absolute Gasteiger partial charge is 0.389 e. The zero-order valence-corrected chi connectivity index (χ0v) is 15.1. The summed E-state index contributed by atoms with van der Waals surface area (Å²) in [5, 5.41) is 12.8. The topological polar surface area (TPSA) is 108 Å². The summed E-state index contributed by atoms with van der Waals surface area (Å²) in [6, 6.07) is 5.93. The number of piperazine rings is 1. The number of sulfonamides is 1. The first-order valence-corrected chi connectivity index (χ1v) is 9.78. The Labute approximate surface area is 148 Å². The van der Waals surface area contributed by atoms with Crippen LogP contribution in [-0.2, 0) is 14.8 Å². The molecule has 0 bridgehead atoms. The van der Waals surface area contributed by atoms with Crippen LogP contribution in [-0.4, -0.2) is 76.4 Å². The van der Waals surface area contributed by atoms with Crippen molar-refractivity contribution in [2.45, 2.75) is 17.9 Å². The van der Waals surface area contributed by atoms with Gasteiger partial charge >= 0.3 is 0 Å². The van der Waals surface area contributed by atoms with Crippen molar-refractivity contribution in [3.63, 3.8) is 0 Å². The van der Waals surface area contributed by atoms with E-state index in [-0.39, 0.29) is 24.0 Å². The number of aliphatic hydroxyl groups is 1. The number of ether oxygens (including phenoxy) is 1. The summed E-state index contributed by atoms with van der Waals surface area (Å²) in [6.45, 7) is 4.78. The highest BCUT2D eigenvalue weighted by Gasteiger charge is 2.21. The Hall–Kier alpha value is -1.52. The first kappa shape index (κ1) is 19.8. The maximum Gasteiger partial charge on any atom is 0.253 e. The van der Waals surface area contributed by atoms with Gasteiger partial charge in [-0.3, -0.25) is 4.79 Å². The monoisotopic (exact) mass is 371 g/mol. The van der Waals surface area contributed by atoms with Crippen LogP contribution in [0.3, 0.4) is 0 Å². The van der Waals surface area contributed by atoms with E-state index in [0.717, 1.165) is 13.1 Å². The quantitative estimate of drug-likeness (QED) is 0.564. The van der Waals surface area contributed by atoms with E-state index in [1.54, 1.807) is 24.0 Å². The maximum absolute atomic E-state index is 12.5. The zero-order chi connectivity index (χ0) is 18.3. The van der Waals surface area contributed by atoms with Gasteiger partial charge in [-0.15, -0.1) is 0 Å². The number of rotatable bonds is 8. The van der Waals surface area contributed by atoms with E-state index in [0.29, 0.717) is 25.3 Å². The molecule has 1 aromatic rings. The second-order valence-electron chi connectivity index (χ2n) is 5.74. The van der Waals surface area contributed by atoms with Crippen molar-refractivity contribution >= 4 is 15.9 Å². The second-order valence-corrected chi connectivity index (χ2v) is 7.50. The number of hydrogen-bond donors (Lipinski definition) is 3. The normalized spacial score (nSPS) is 16.6. The summed E-state index contributed by atoms with van der Waals surface area (Å²) in [5.41, 5.74) is 0.333. The number of benzene rings is 1. The van der Waals surface area contributed by atoms with Crippen molar-refractivity contribution in [3.05, 3.63) is 29.8 Å². The molecule has 0 saturated carbocycles. The summed E-state index contributed by atoms with van der Waals surface area (Å²) in [5.74, 6) is -0.185. The first-order valence-electron chi connectivity index (χ1n) is 8.29. The zero-order valence-electron chi connectivity index (χ0n) is 14.3. The number of amides is 1. The van der Waals surface area contributed by atoms with E-state index >= 15 is 0 Å². The molecule has 1 saturated heterocycles. The van der Waals surface area contributed by atoms with Crippen LogP contribution in [0.2, 0.25) is 0 Å². The van der Waals surface area contributed by atoms with Crippen LogP contribution in [0, 0.1) is 0 Å². The van der Waals surface area contributed by atoms with Crippen molar-refractivity contribution in [3.8, 4) is 0 Å². The molecule has 3 N–H and O–H groups in total. The van der Waals surface area contributed by atoms with Crippen LogP contribution in [0.15, 0.2) is 29.2 Å². The van der Waals surface area contributed by atoms with Gasteiger partial charge in [0.25, 0.3) is 5.91 Å². The van der Waals surface area contributed by atoms with Gasteiger partial charge in [0.15, 0.2) is 0 Å². The molecule has 1 fully saturated rings. The molecule has 2 rings (SSSR count). The van der Waals surface area contributed by atoms with E-state index < -0.39 is 16.1 Å². The van der Waals surface area contributed by atoms with Crippen LogP contribution in [0.4, 0.5) is 0 Å². The van der Waals surface area contributed by atoms with Crippen LogP contribution in [0.25, 0.3) is 0 Å². The molecular formula is C16H25N3O5S. The molecule has 0 radical (unpaired) electrons. The molecule has 1 amide bonds. The Morgan fingerprint density at radius 3 is 2.80 bits per heavy atom. The lowest BCUT2D eigenvalue weighted by Gasteiger charge is -2.27. The molecule has 1 aliphatic heterocycles. The van der Waals surface area contributed by atoms with E-state index in [1.165, 1.54) is 12.1 Å². The van der Waals surface area contributed by atoms with Crippen LogP contribution < -0.4 is 10.0 Å². The Kier molecular flexibility index (Phi) is 7.33. The molecule has 140 valence electrons. The van der Waals surface area contributed by atoms with Gasteiger partial charge < -0.3 is 20.1 Å². The summed E-state index contributed by atoms with van der Waals surface area (Å²) in [6.07, 6.45) is -0.930. The highest BCUT2D eigenvalue weighted by Crippen LogP contribution is 2.14. The molecule has 0 aromatic heterocycles. The van der Waals surface area contributed by atoms with Gasteiger partial charge in [0, 0.05) is 44.9 Å². The average Bonchev–Trinajstić information content (AvgIpc) is 2.65. The van der Waals surface area contributed by atoms with Crippen molar-refractivity contribution in [2.75, 3.05) is 45.9 Å². The Morgan fingerprint density at radius 1 is 1.40 bits per heavy atom. The predicted molar refractivity (Wildman–Crippen MR) is 92.9 cm³/mol.